The molecular formula is C9H7BrN2O3. The van der Waals surface area contributed by atoms with Crippen LogP contribution in [0.25, 0.3) is 11.2 Å². The first-order valence-corrected chi connectivity index (χ1v) is 5.10. The van der Waals surface area contributed by atoms with Crippen LogP contribution >= 0.6 is 15.9 Å². The predicted molar refractivity (Wildman–Crippen MR) is 55.5 cm³/mol. The SMILES string of the molecule is CCOC(=O)c1nc2nc(Br)ccc2o1. The predicted octanol–water partition coefficient (Wildman–Crippen LogP) is 2.16. The lowest BCUT2D eigenvalue weighted by atomic mass is 10.5. The second-order valence-electron chi connectivity index (χ2n) is 2.70. The number of aromatic nitrogens is 2. The highest BCUT2D eigenvalue weighted by Gasteiger charge is 2.15. The molecule has 0 radical (unpaired) electrons. The van der Waals surface area contributed by atoms with E-state index >= 15 is 0 Å². The molecule has 0 aromatic carbocycles. The molecule has 15 heavy (non-hydrogen) atoms. The minimum Gasteiger partial charge on any atom is -0.459 e. The fraction of sp³-hybridized carbons (Fsp3) is 0.222. The third-order valence-electron chi connectivity index (χ3n) is 1.67. The molecular weight excluding hydrogens is 264 g/mol. The zero-order valence-electron chi connectivity index (χ0n) is 7.86. The summed E-state index contributed by atoms with van der Waals surface area (Å²) in [5.74, 6) is -0.649. The number of hydrogen-bond acceptors (Lipinski definition) is 5. The van der Waals surface area contributed by atoms with Crippen molar-refractivity contribution in [1.29, 1.82) is 0 Å². The van der Waals surface area contributed by atoms with Gasteiger partial charge in [0.25, 0.3) is 0 Å². The summed E-state index contributed by atoms with van der Waals surface area (Å²) in [6.07, 6.45) is 0. The van der Waals surface area contributed by atoms with Crippen molar-refractivity contribution in [2.45, 2.75) is 6.92 Å². The zero-order valence-corrected chi connectivity index (χ0v) is 9.44. The monoisotopic (exact) mass is 270 g/mol. The molecule has 0 fully saturated rings. The lowest BCUT2D eigenvalue weighted by Gasteiger charge is -1.93. The van der Waals surface area contributed by atoms with Gasteiger partial charge in [-0.15, -0.1) is 0 Å². The maximum atomic E-state index is 11.3. The van der Waals surface area contributed by atoms with E-state index in [-0.39, 0.29) is 12.5 Å². The molecule has 5 nitrogen and oxygen atoms in total. The summed E-state index contributed by atoms with van der Waals surface area (Å²) in [6, 6.07) is 3.39. The number of nitrogens with zero attached hydrogens (tertiary/aromatic N) is 2. The van der Waals surface area contributed by atoms with Gasteiger partial charge in [0.1, 0.15) is 4.60 Å². The van der Waals surface area contributed by atoms with Crippen LogP contribution in [-0.2, 0) is 4.74 Å². The Balaban J connectivity index is 2.42. The molecule has 0 amide bonds. The van der Waals surface area contributed by atoms with Crippen molar-refractivity contribution in [3.05, 3.63) is 22.6 Å². The first-order chi connectivity index (χ1) is 7.20. The van der Waals surface area contributed by atoms with Crippen molar-refractivity contribution >= 4 is 33.1 Å². The molecule has 0 spiro atoms. The number of ether oxygens (including phenoxy) is 1. The number of oxazole rings is 1. The quantitative estimate of drug-likeness (QED) is 0.618. The summed E-state index contributed by atoms with van der Waals surface area (Å²) in [4.78, 5) is 19.2. The number of halogens is 1. The van der Waals surface area contributed by atoms with E-state index in [4.69, 9.17) is 9.15 Å². The van der Waals surface area contributed by atoms with Crippen LogP contribution < -0.4 is 0 Å². The van der Waals surface area contributed by atoms with Crippen LogP contribution in [0.1, 0.15) is 17.6 Å². The minimum absolute atomic E-state index is 0.0718. The first kappa shape index (κ1) is 10.1. The van der Waals surface area contributed by atoms with Crippen LogP contribution in [0.4, 0.5) is 0 Å². The normalized spacial score (nSPS) is 10.5. The van der Waals surface area contributed by atoms with Crippen LogP contribution in [0.3, 0.4) is 0 Å². The fourth-order valence-corrected chi connectivity index (χ4v) is 1.38. The van der Waals surface area contributed by atoms with Crippen molar-refractivity contribution in [3.63, 3.8) is 0 Å². The number of pyridine rings is 1. The van der Waals surface area contributed by atoms with Gasteiger partial charge in [0.15, 0.2) is 11.2 Å². The van der Waals surface area contributed by atoms with Crippen LogP contribution in [0.15, 0.2) is 21.2 Å². The van der Waals surface area contributed by atoms with E-state index in [2.05, 4.69) is 25.9 Å². The highest BCUT2D eigenvalue weighted by Crippen LogP contribution is 2.17. The molecule has 0 saturated carbocycles. The maximum Gasteiger partial charge on any atom is 0.394 e. The fourth-order valence-electron chi connectivity index (χ4n) is 1.08. The lowest BCUT2D eigenvalue weighted by molar-refractivity contribution is 0.0483. The van der Waals surface area contributed by atoms with Crippen LogP contribution in [0.5, 0.6) is 0 Å². The van der Waals surface area contributed by atoms with Gasteiger partial charge in [-0.3, -0.25) is 0 Å². The Labute approximate surface area is 93.6 Å². The van der Waals surface area contributed by atoms with E-state index in [1.165, 1.54) is 0 Å². The number of esters is 1. The van der Waals surface area contributed by atoms with E-state index in [1.807, 2.05) is 0 Å². The summed E-state index contributed by atoms with van der Waals surface area (Å²) in [5.41, 5.74) is 0.841. The molecule has 2 rings (SSSR count). The van der Waals surface area contributed by atoms with Crippen molar-refractivity contribution in [2.75, 3.05) is 6.61 Å². The Morgan fingerprint density at radius 3 is 3.07 bits per heavy atom. The summed E-state index contributed by atoms with van der Waals surface area (Å²) >= 11 is 3.20. The van der Waals surface area contributed by atoms with Gasteiger partial charge in [0.05, 0.1) is 6.61 Å². The van der Waals surface area contributed by atoms with E-state index in [9.17, 15) is 4.79 Å². The van der Waals surface area contributed by atoms with Crippen molar-refractivity contribution in [2.24, 2.45) is 0 Å². The van der Waals surface area contributed by atoms with E-state index in [0.717, 1.165) is 0 Å². The summed E-state index contributed by atoms with van der Waals surface area (Å²) < 4.78 is 10.6. The number of carbonyl (C=O) groups is 1. The number of carbonyl (C=O) groups excluding carboxylic acids is 1. The highest BCUT2D eigenvalue weighted by molar-refractivity contribution is 9.10. The molecule has 0 N–H and O–H groups in total. The topological polar surface area (TPSA) is 65.2 Å². The molecule has 6 heteroatoms. The molecule has 0 bridgehead atoms. The average Bonchev–Trinajstić information content (AvgIpc) is 2.60. The van der Waals surface area contributed by atoms with E-state index < -0.39 is 5.97 Å². The average molecular weight is 271 g/mol. The number of hydrogen-bond donors (Lipinski definition) is 0. The second-order valence-corrected chi connectivity index (χ2v) is 3.51. The summed E-state index contributed by atoms with van der Waals surface area (Å²) in [6.45, 7) is 2.00. The Bertz CT molecular complexity index is 509. The Kier molecular flexibility index (Phi) is 2.68. The van der Waals surface area contributed by atoms with Crippen molar-refractivity contribution < 1.29 is 13.9 Å². The van der Waals surface area contributed by atoms with Gasteiger partial charge in [0, 0.05) is 0 Å². The molecule has 0 atom stereocenters. The molecule has 0 aliphatic rings. The molecule has 0 aliphatic heterocycles. The Morgan fingerprint density at radius 1 is 1.53 bits per heavy atom. The second kappa shape index (κ2) is 3.98. The lowest BCUT2D eigenvalue weighted by Crippen LogP contribution is -2.04. The zero-order chi connectivity index (χ0) is 10.8. The maximum absolute atomic E-state index is 11.3. The summed E-state index contributed by atoms with van der Waals surface area (Å²) in [7, 11) is 0. The van der Waals surface area contributed by atoms with Gasteiger partial charge >= 0.3 is 11.9 Å². The molecule has 78 valence electrons. The van der Waals surface area contributed by atoms with Gasteiger partial charge < -0.3 is 9.15 Å². The Morgan fingerprint density at radius 2 is 2.33 bits per heavy atom. The minimum atomic E-state index is -0.577. The molecule has 0 saturated heterocycles. The first-order valence-electron chi connectivity index (χ1n) is 4.31. The van der Waals surface area contributed by atoms with Crippen molar-refractivity contribution in [3.8, 4) is 0 Å². The van der Waals surface area contributed by atoms with Gasteiger partial charge in [0.2, 0.25) is 0 Å². The van der Waals surface area contributed by atoms with Gasteiger partial charge in [-0.1, -0.05) is 0 Å². The number of fused-ring (bicyclic) bond motifs is 1. The third kappa shape index (κ3) is 1.99. The van der Waals surface area contributed by atoms with Crippen LogP contribution in [0.2, 0.25) is 0 Å². The molecule has 0 unspecified atom stereocenters. The van der Waals surface area contributed by atoms with E-state index in [1.54, 1.807) is 19.1 Å². The number of rotatable bonds is 2. The molecule has 2 aromatic heterocycles. The largest absolute Gasteiger partial charge is 0.459 e. The van der Waals surface area contributed by atoms with Gasteiger partial charge in [-0.05, 0) is 35.0 Å². The molecule has 2 heterocycles. The van der Waals surface area contributed by atoms with E-state index in [0.29, 0.717) is 15.8 Å². The molecule has 0 aliphatic carbocycles. The molecule has 2 aromatic rings. The van der Waals surface area contributed by atoms with Crippen LogP contribution in [-0.4, -0.2) is 22.5 Å². The van der Waals surface area contributed by atoms with Crippen molar-refractivity contribution in [1.82, 2.24) is 9.97 Å². The van der Waals surface area contributed by atoms with Gasteiger partial charge in [-0.25, -0.2) is 9.78 Å². The smallest absolute Gasteiger partial charge is 0.394 e. The summed E-state index contributed by atoms with van der Waals surface area (Å²) in [5, 5.41) is 0. The van der Waals surface area contributed by atoms with Crippen LogP contribution in [0, 0.1) is 0 Å². The highest BCUT2D eigenvalue weighted by atomic mass is 79.9. The third-order valence-corrected chi connectivity index (χ3v) is 2.11. The van der Waals surface area contributed by atoms with Gasteiger partial charge in [-0.2, -0.15) is 4.98 Å². The Hall–Kier alpha value is -1.43. The standard InChI is InChI=1S/C9H7BrN2O3/c1-2-14-9(13)8-12-7-5(15-8)3-4-6(10)11-7/h3-4H,2H2,1H3.